The molecular weight excluding hydrogens is 480 g/mol. The standard InChI is InChI=1S/C22H19BrN4O3S/c1-13-6-7-16(9-24-13)10-25-19(28)18-12-27-21(31-18)14(2)20(29)26(22(27)30)11-15-4-3-5-17(23)8-15/h3-9,12H,10-11H2,1-2H3,(H,25,28). The highest BCUT2D eigenvalue weighted by Gasteiger charge is 2.17. The molecule has 0 aliphatic carbocycles. The molecule has 3 heterocycles. The molecule has 1 amide bonds. The number of thiazole rings is 1. The number of amides is 1. The Balaban J connectivity index is 1.65. The average molecular weight is 499 g/mol. The first kappa shape index (κ1) is 21.2. The Hall–Kier alpha value is -3.04. The van der Waals surface area contributed by atoms with Gasteiger partial charge in [0.05, 0.1) is 6.54 Å². The van der Waals surface area contributed by atoms with Gasteiger partial charge in [-0.2, -0.15) is 0 Å². The van der Waals surface area contributed by atoms with Crippen LogP contribution in [0.2, 0.25) is 0 Å². The molecule has 0 saturated heterocycles. The fourth-order valence-electron chi connectivity index (χ4n) is 3.20. The van der Waals surface area contributed by atoms with E-state index in [1.165, 1.54) is 15.2 Å². The molecule has 7 nitrogen and oxygen atoms in total. The molecule has 0 radical (unpaired) electrons. The van der Waals surface area contributed by atoms with E-state index in [4.69, 9.17) is 0 Å². The molecule has 9 heteroatoms. The summed E-state index contributed by atoms with van der Waals surface area (Å²) in [7, 11) is 0. The second-order valence-corrected chi connectivity index (χ2v) is 9.14. The molecule has 31 heavy (non-hydrogen) atoms. The summed E-state index contributed by atoms with van der Waals surface area (Å²) >= 11 is 4.53. The first-order valence-corrected chi connectivity index (χ1v) is 11.1. The molecule has 4 rings (SSSR count). The van der Waals surface area contributed by atoms with Gasteiger partial charge in [-0.1, -0.05) is 34.1 Å². The summed E-state index contributed by atoms with van der Waals surface area (Å²) < 4.78 is 3.44. The van der Waals surface area contributed by atoms with Crippen LogP contribution in [-0.4, -0.2) is 19.9 Å². The summed E-state index contributed by atoms with van der Waals surface area (Å²) in [5.74, 6) is -0.306. The van der Waals surface area contributed by atoms with Gasteiger partial charge in [-0.3, -0.25) is 23.5 Å². The van der Waals surface area contributed by atoms with Crippen LogP contribution in [-0.2, 0) is 13.1 Å². The fraction of sp³-hybridized carbons (Fsp3) is 0.182. The number of aromatic nitrogens is 3. The van der Waals surface area contributed by atoms with E-state index in [-0.39, 0.29) is 18.0 Å². The number of halogens is 1. The van der Waals surface area contributed by atoms with Crippen molar-refractivity contribution in [2.75, 3.05) is 0 Å². The zero-order chi connectivity index (χ0) is 22.1. The van der Waals surface area contributed by atoms with Gasteiger partial charge >= 0.3 is 5.69 Å². The van der Waals surface area contributed by atoms with Gasteiger partial charge in [-0.05, 0) is 43.2 Å². The Bertz CT molecular complexity index is 1400. The number of carbonyl (C=O) groups excluding carboxylic acids is 1. The van der Waals surface area contributed by atoms with Crippen LogP contribution < -0.4 is 16.6 Å². The van der Waals surface area contributed by atoms with E-state index in [9.17, 15) is 14.4 Å². The average Bonchev–Trinajstić information content (AvgIpc) is 3.21. The molecule has 1 aromatic carbocycles. The van der Waals surface area contributed by atoms with Crippen molar-refractivity contribution >= 4 is 38.0 Å². The molecule has 0 saturated carbocycles. The van der Waals surface area contributed by atoms with E-state index in [1.54, 1.807) is 13.1 Å². The summed E-state index contributed by atoms with van der Waals surface area (Å²) in [6, 6.07) is 11.2. The zero-order valence-corrected chi connectivity index (χ0v) is 19.3. The van der Waals surface area contributed by atoms with Crippen LogP contribution in [0.4, 0.5) is 0 Å². The second kappa shape index (κ2) is 8.60. The molecule has 0 fully saturated rings. The van der Waals surface area contributed by atoms with Crippen LogP contribution >= 0.6 is 27.3 Å². The van der Waals surface area contributed by atoms with Crippen LogP contribution in [0.1, 0.15) is 32.1 Å². The van der Waals surface area contributed by atoms with Gasteiger partial charge in [0.25, 0.3) is 11.5 Å². The van der Waals surface area contributed by atoms with Crippen molar-refractivity contribution in [3.63, 3.8) is 0 Å². The lowest BCUT2D eigenvalue weighted by atomic mass is 10.2. The SMILES string of the molecule is Cc1ccc(CNC(=O)c2cn3c(=O)n(Cc4cccc(Br)c4)c(=O)c(C)c3s2)cn1. The summed E-state index contributed by atoms with van der Waals surface area (Å²) in [5.41, 5.74) is 2.21. The van der Waals surface area contributed by atoms with Crippen molar-refractivity contribution in [3.8, 4) is 0 Å². The Morgan fingerprint density at radius 1 is 1.16 bits per heavy atom. The Morgan fingerprint density at radius 3 is 2.68 bits per heavy atom. The Labute approximate surface area is 190 Å². The summed E-state index contributed by atoms with van der Waals surface area (Å²) in [6.45, 7) is 4.04. The van der Waals surface area contributed by atoms with Crippen LogP contribution in [0.15, 0.2) is 62.9 Å². The Kier molecular flexibility index (Phi) is 5.88. The number of fused-ring (bicyclic) bond motifs is 1. The third kappa shape index (κ3) is 4.38. The predicted octanol–water partition coefficient (Wildman–Crippen LogP) is 3.28. The van der Waals surface area contributed by atoms with E-state index < -0.39 is 5.69 Å². The van der Waals surface area contributed by atoms with Gasteiger partial charge < -0.3 is 5.32 Å². The van der Waals surface area contributed by atoms with Crippen LogP contribution in [0.5, 0.6) is 0 Å². The van der Waals surface area contributed by atoms with E-state index in [0.29, 0.717) is 21.8 Å². The Morgan fingerprint density at radius 2 is 1.97 bits per heavy atom. The van der Waals surface area contributed by atoms with Gasteiger partial charge in [-0.15, -0.1) is 11.3 Å². The molecule has 3 aromatic heterocycles. The number of rotatable bonds is 5. The molecule has 0 spiro atoms. The van der Waals surface area contributed by atoms with Crippen LogP contribution in [0.25, 0.3) is 4.83 Å². The number of nitrogens with one attached hydrogen (secondary N) is 1. The van der Waals surface area contributed by atoms with Gasteiger partial charge in [-0.25, -0.2) is 4.79 Å². The molecule has 1 N–H and O–H groups in total. The molecular formula is C22H19BrN4O3S. The maximum atomic E-state index is 13.0. The zero-order valence-electron chi connectivity index (χ0n) is 16.9. The van der Waals surface area contributed by atoms with Gasteiger partial charge in [0, 0.05) is 34.7 Å². The second-order valence-electron chi connectivity index (χ2n) is 7.19. The van der Waals surface area contributed by atoms with Crippen molar-refractivity contribution in [3.05, 3.63) is 101 Å². The number of benzene rings is 1. The first-order chi connectivity index (χ1) is 14.8. The van der Waals surface area contributed by atoms with Gasteiger partial charge in [0.15, 0.2) is 0 Å². The molecule has 0 bridgehead atoms. The van der Waals surface area contributed by atoms with Crippen molar-refractivity contribution in [2.45, 2.75) is 26.9 Å². The lowest BCUT2D eigenvalue weighted by Crippen LogP contribution is -2.38. The molecule has 0 aliphatic rings. The number of carbonyl (C=O) groups is 1. The minimum Gasteiger partial charge on any atom is -0.347 e. The van der Waals surface area contributed by atoms with Crippen molar-refractivity contribution < 1.29 is 4.79 Å². The van der Waals surface area contributed by atoms with E-state index in [1.807, 2.05) is 43.3 Å². The quantitative estimate of drug-likeness (QED) is 0.457. The maximum absolute atomic E-state index is 13.0. The molecule has 0 unspecified atom stereocenters. The minimum absolute atomic E-state index is 0.151. The van der Waals surface area contributed by atoms with Crippen LogP contribution in [0, 0.1) is 13.8 Å². The van der Waals surface area contributed by atoms with E-state index in [2.05, 4.69) is 26.2 Å². The van der Waals surface area contributed by atoms with Crippen molar-refractivity contribution in [2.24, 2.45) is 0 Å². The summed E-state index contributed by atoms with van der Waals surface area (Å²) in [4.78, 5) is 43.6. The first-order valence-electron chi connectivity index (χ1n) is 9.53. The number of pyridine rings is 1. The third-order valence-electron chi connectivity index (χ3n) is 4.87. The summed E-state index contributed by atoms with van der Waals surface area (Å²) in [5, 5.41) is 2.84. The van der Waals surface area contributed by atoms with Crippen LogP contribution in [0.3, 0.4) is 0 Å². The number of hydrogen-bond donors (Lipinski definition) is 1. The highest BCUT2D eigenvalue weighted by molar-refractivity contribution is 9.10. The number of nitrogens with zero attached hydrogens (tertiary/aromatic N) is 3. The molecule has 158 valence electrons. The fourth-order valence-corrected chi connectivity index (χ4v) is 4.65. The summed E-state index contributed by atoms with van der Waals surface area (Å²) in [6.07, 6.45) is 3.21. The predicted molar refractivity (Wildman–Crippen MR) is 124 cm³/mol. The largest absolute Gasteiger partial charge is 0.347 e. The highest BCUT2D eigenvalue weighted by Crippen LogP contribution is 2.19. The highest BCUT2D eigenvalue weighted by atomic mass is 79.9. The number of hydrogen-bond acceptors (Lipinski definition) is 5. The van der Waals surface area contributed by atoms with Gasteiger partial charge in [0.1, 0.15) is 9.71 Å². The lowest BCUT2D eigenvalue weighted by molar-refractivity contribution is 0.0954. The maximum Gasteiger partial charge on any atom is 0.336 e. The minimum atomic E-state index is -0.469. The molecule has 0 aliphatic heterocycles. The third-order valence-corrected chi connectivity index (χ3v) is 6.57. The van der Waals surface area contributed by atoms with Crippen molar-refractivity contribution in [1.29, 1.82) is 0 Å². The van der Waals surface area contributed by atoms with E-state index >= 15 is 0 Å². The monoisotopic (exact) mass is 498 g/mol. The van der Waals surface area contributed by atoms with Crippen molar-refractivity contribution in [1.82, 2.24) is 19.3 Å². The lowest BCUT2D eigenvalue weighted by Gasteiger charge is -2.08. The normalized spacial score (nSPS) is 11.1. The smallest absolute Gasteiger partial charge is 0.336 e. The van der Waals surface area contributed by atoms with E-state index in [0.717, 1.165) is 32.6 Å². The molecule has 0 atom stereocenters. The van der Waals surface area contributed by atoms with Gasteiger partial charge in [0.2, 0.25) is 0 Å². The molecule has 4 aromatic rings. The number of aryl methyl sites for hydroxylation is 2. The topological polar surface area (TPSA) is 85.5 Å².